The molecule has 2 heteroatoms. The zero-order valence-corrected chi connectivity index (χ0v) is 12.6. The third-order valence-corrected chi connectivity index (χ3v) is 6.24. The highest BCUT2D eigenvalue weighted by molar-refractivity contribution is 8.15. The number of aryl methyl sites for hydroxylation is 1. The van der Waals surface area contributed by atoms with Crippen molar-refractivity contribution in [1.82, 2.24) is 0 Å². The minimum atomic E-state index is 1.04. The topological polar surface area (TPSA) is 0 Å². The van der Waals surface area contributed by atoms with Crippen molar-refractivity contribution < 1.29 is 0 Å². The molecule has 0 saturated carbocycles. The predicted octanol–water partition coefficient (Wildman–Crippen LogP) is 4.86. The van der Waals surface area contributed by atoms with E-state index in [4.69, 9.17) is 0 Å². The van der Waals surface area contributed by atoms with E-state index in [0.717, 1.165) is 16.5 Å². The second-order valence-electron chi connectivity index (χ2n) is 4.33. The molecule has 0 bridgehead atoms. The van der Waals surface area contributed by atoms with E-state index in [1.807, 2.05) is 0 Å². The maximum atomic E-state index is 2.29. The summed E-state index contributed by atoms with van der Waals surface area (Å²) in [5, 5.41) is 1.54. The number of benzene rings is 1. The van der Waals surface area contributed by atoms with Crippen LogP contribution in [0.2, 0.25) is 0 Å². The summed E-state index contributed by atoms with van der Waals surface area (Å²) >= 11 is 0. The summed E-state index contributed by atoms with van der Waals surface area (Å²) in [5.74, 6) is 0. The Labute approximate surface area is 104 Å². The summed E-state index contributed by atoms with van der Waals surface area (Å²) in [4.78, 5) is 0. The first-order valence-corrected chi connectivity index (χ1v) is 9.59. The van der Waals surface area contributed by atoms with E-state index < -0.39 is 0 Å². The minimum Gasteiger partial charge on any atom is -0.0946 e. The molecule has 1 aromatic rings. The fraction of sp³-hybridized carbons (Fsp3) is 0.571. The average molecular weight is 254 g/mol. The van der Waals surface area contributed by atoms with Crippen molar-refractivity contribution in [1.29, 1.82) is 0 Å². The van der Waals surface area contributed by atoms with Gasteiger partial charge in [-0.25, -0.2) is 0 Å². The number of hydrogen-bond acceptors (Lipinski definition) is 0. The molecule has 2 unspecified atom stereocenters. The minimum absolute atomic E-state index is 1.04. The van der Waals surface area contributed by atoms with Gasteiger partial charge in [-0.2, -0.15) is 0 Å². The zero-order valence-electron chi connectivity index (χ0n) is 10.6. The Bertz CT molecular complexity index is 267. The summed E-state index contributed by atoms with van der Waals surface area (Å²) in [6.45, 7) is 4.43. The van der Waals surface area contributed by atoms with Crippen LogP contribution in [0, 0.1) is 6.92 Å². The highest BCUT2D eigenvalue weighted by Gasteiger charge is 1.93. The predicted molar refractivity (Wildman–Crippen MR) is 81.1 cm³/mol. The summed E-state index contributed by atoms with van der Waals surface area (Å²) in [5.41, 5.74) is 1.37. The van der Waals surface area contributed by atoms with Crippen molar-refractivity contribution >= 4 is 21.8 Å². The zero-order chi connectivity index (χ0) is 11.6. The second-order valence-corrected chi connectivity index (χ2v) is 7.82. The van der Waals surface area contributed by atoms with Gasteiger partial charge in [-0.1, -0.05) is 79.0 Å². The first kappa shape index (κ1) is 14.1. The Hall–Kier alpha value is 0.0800. The molecule has 90 valence electrons. The maximum Gasteiger partial charge on any atom is -0.0230 e. The lowest BCUT2D eigenvalue weighted by Gasteiger charge is -2.03. The molecule has 0 aromatic heterocycles. The van der Waals surface area contributed by atoms with Crippen LogP contribution >= 0.6 is 16.5 Å². The van der Waals surface area contributed by atoms with Crippen molar-refractivity contribution in [2.75, 3.05) is 6.16 Å². The van der Waals surface area contributed by atoms with Crippen LogP contribution in [-0.4, -0.2) is 6.16 Å². The smallest absolute Gasteiger partial charge is 0.0230 e. The van der Waals surface area contributed by atoms with Crippen LogP contribution < -0.4 is 5.30 Å². The van der Waals surface area contributed by atoms with E-state index in [-0.39, 0.29) is 0 Å². The highest BCUT2D eigenvalue weighted by Crippen LogP contribution is 2.36. The molecule has 0 fully saturated rings. The van der Waals surface area contributed by atoms with Gasteiger partial charge >= 0.3 is 0 Å². The number of rotatable bonds is 8. The van der Waals surface area contributed by atoms with Crippen molar-refractivity contribution in [2.45, 2.75) is 46.0 Å². The van der Waals surface area contributed by atoms with Crippen LogP contribution in [0.5, 0.6) is 0 Å². The fourth-order valence-corrected chi connectivity index (χ4v) is 4.73. The van der Waals surface area contributed by atoms with E-state index in [9.17, 15) is 0 Å². The molecule has 0 aliphatic carbocycles. The van der Waals surface area contributed by atoms with Gasteiger partial charge in [-0.15, -0.1) is 0 Å². The van der Waals surface area contributed by atoms with E-state index in [0.29, 0.717) is 0 Å². The molecule has 0 saturated heterocycles. The van der Waals surface area contributed by atoms with Crippen LogP contribution in [0.1, 0.15) is 44.6 Å². The van der Waals surface area contributed by atoms with Crippen LogP contribution in [0.3, 0.4) is 0 Å². The van der Waals surface area contributed by atoms with Gasteiger partial charge in [0.2, 0.25) is 0 Å². The summed E-state index contributed by atoms with van der Waals surface area (Å²) in [6.07, 6.45) is 8.54. The van der Waals surface area contributed by atoms with Gasteiger partial charge in [0.05, 0.1) is 0 Å². The van der Waals surface area contributed by atoms with E-state index in [1.54, 1.807) is 0 Å². The van der Waals surface area contributed by atoms with E-state index >= 15 is 0 Å². The van der Waals surface area contributed by atoms with Crippen molar-refractivity contribution in [3.05, 3.63) is 29.8 Å². The van der Waals surface area contributed by atoms with Gasteiger partial charge in [0.25, 0.3) is 0 Å². The molecule has 0 heterocycles. The maximum absolute atomic E-state index is 2.29. The van der Waals surface area contributed by atoms with Crippen LogP contribution in [-0.2, 0) is 0 Å². The van der Waals surface area contributed by atoms with Gasteiger partial charge in [0, 0.05) is 0 Å². The highest BCUT2D eigenvalue weighted by atomic mass is 32.0. The van der Waals surface area contributed by atoms with Crippen molar-refractivity contribution in [3.63, 3.8) is 0 Å². The van der Waals surface area contributed by atoms with Crippen molar-refractivity contribution in [3.8, 4) is 0 Å². The first-order valence-electron chi connectivity index (χ1n) is 6.38. The fourth-order valence-electron chi connectivity index (χ4n) is 1.62. The summed E-state index contributed by atoms with van der Waals surface area (Å²) in [7, 11) is 2.19. The lowest BCUT2D eigenvalue weighted by Crippen LogP contribution is -1.90. The lowest BCUT2D eigenvalue weighted by atomic mass is 10.2. The molecule has 0 amide bonds. The third-order valence-electron chi connectivity index (χ3n) is 2.69. The molecule has 1 aromatic carbocycles. The quantitative estimate of drug-likeness (QED) is 0.459. The molecular weight excluding hydrogens is 230 g/mol. The van der Waals surface area contributed by atoms with Crippen LogP contribution in [0.15, 0.2) is 24.3 Å². The normalized spacial score (nSPS) is 12.1. The molecule has 16 heavy (non-hydrogen) atoms. The molecule has 1 rings (SSSR count). The van der Waals surface area contributed by atoms with Gasteiger partial charge in [-0.05, 0) is 24.8 Å². The van der Waals surface area contributed by atoms with E-state index in [2.05, 4.69) is 38.1 Å². The average Bonchev–Trinajstić information content (AvgIpc) is 2.30. The molecule has 0 spiro atoms. The van der Waals surface area contributed by atoms with Gasteiger partial charge < -0.3 is 0 Å². The Morgan fingerprint density at radius 3 is 2.31 bits per heavy atom. The number of hydrogen-bond donors (Lipinski definition) is 0. The lowest BCUT2D eigenvalue weighted by molar-refractivity contribution is 0.659. The standard InChI is InChI=1S/C14H24P2/c1-3-4-5-6-7-12-15-16-14-10-8-13(2)9-11-14/h8-11,15-16H,3-7,12H2,1-2H3. The monoisotopic (exact) mass is 254 g/mol. The molecule has 0 aliphatic heterocycles. The Morgan fingerprint density at radius 2 is 1.62 bits per heavy atom. The second kappa shape index (κ2) is 9.15. The molecule has 0 N–H and O–H groups in total. The van der Waals surface area contributed by atoms with Gasteiger partial charge in [0.15, 0.2) is 0 Å². The Morgan fingerprint density at radius 1 is 0.938 bits per heavy atom. The van der Waals surface area contributed by atoms with Gasteiger partial charge in [0.1, 0.15) is 0 Å². The molecule has 2 atom stereocenters. The molecule has 0 aliphatic rings. The number of unbranched alkanes of at least 4 members (excludes halogenated alkanes) is 4. The SMILES string of the molecule is CCCCCCCPPc1ccc(C)cc1. The van der Waals surface area contributed by atoms with E-state index in [1.165, 1.54) is 49.1 Å². The largest absolute Gasteiger partial charge is 0.0946 e. The molecule has 0 nitrogen and oxygen atoms in total. The van der Waals surface area contributed by atoms with Crippen molar-refractivity contribution in [2.24, 2.45) is 0 Å². The first-order chi connectivity index (χ1) is 7.83. The summed E-state index contributed by atoms with van der Waals surface area (Å²) < 4.78 is 0. The molecule has 0 radical (unpaired) electrons. The summed E-state index contributed by atoms with van der Waals surface area (Å²) in [6, 6.07) is 9.04. The molecular formula is C14H24P2. The van der Waals surface area contributed by atoms with Gasteiger partial charge in [-0.3, -0.25) is 0 Å². The third kappa shape index (κ3) is 6.62. The van der Waals surface area contributed by atoms with Crippen LogP contribution in [0.25, 0.3) is 0 Å². The Kier molecular flexibility index (Phi) is 8.08. The van der Waals surface area contributed by atoms with Crippen LogP contribution in [0.4, 0.5) is 0 Å². The Balaban J connectivity index is 2.01.